The van der Waals surface area contributed by atoms with Crippen molar-refractivity contribution in [3.05, 3.63) is 58.9 Å². The van der Waals surface area contributed by atoms with Crippen molar-refractivity contribution in [2.45, 2.75) is 26.7 Å². The van der Waals surface area contributed by atoms with E-state index in [1.807, 2.05) is 12.1 Å². The molecule has 0 saturated heterocycles. The summed E-state index contributed by atoms with van der Waals surface area (Å²) in [6.07, 6.45) is 10.4. The number of rotatable bonds is 3. The number of aromatic carboxylic acids is 1. The lowest BCUT2D eigenvalue weighted by Crippen LogP contribution is -2.23. The van der Waals surface area contributed by atoms with Crippen LogP contribution in [0.2, 0.25) is 0 Å². The first-order valence-electron chi connectivity index (χ1n) is 9.58. The Labute approximate surface area is 176 Å². The first-order chi connectivity index (χ1) is 14.3. The Balaban J connectivity index is 1.89. The van der Waals surface area contributed by atoms with E-state index in [4.69, 9.17) is 19.6 Å². The molecule has 7 heteroatoms. The zero-order chi connectivity index (χ0) is 21.0. The number of aromatic nitrogens is 1. The molecular weight excluding hydrogens is 400 g/mol. The molecule has 0 unspecified atom stereocenters. The number of nitrogens with two attached hydrogens (primary N) is 1. The highest BCUT2D eigenvalue weighted by molar-refractivity contribution is 7.21. The van der Waals surface area contributed by atoms with Crippen LogP contribution in [-0.4, -0.2) is 16.1 Å². The first kappa shape index (κ1) is 18.7. The molecule has 4 aromatic rings. The Bertz CT molecular complexity index is 1300. The summed E-state index contributed by atoms with van der Waals surface area (Å²) in [5.41, 5.74) is 12.4. The Kier molecular flexibility index (Phi) is 4.11. The molecular formula is C23H20N2O4S. The number of pyridine rings is 1. The average molecular weight is 420 g/mol. The van der Waals surface area contributed by atoms with Gasteiger partial charge >= 0.3 is 5.97 Å². The van der Waals surface area contributed by atoms with Gasteiger partial charge in [-0.1, -0.05) is 13.8 Å². The van der Waals surface area contributed by atoms with Gasteiger partial charge in [0.1, 0.15) is 9.71 Å². The number of nitrogen functional groups attached to an aromatic ring is 1. The maximum Gasteiger partial charge on any atom is 0.348 e. The van der Waals surface area contributed by atoms with Gasteiger partial charge in [-0.2, -0.15) is 0 Å². The normalized spacial score (nSPS) is 16.8. The summed E-state index contributed by atoms with van der Waals surface area (Å²) >= 11 is 1.11. The minimum Gasteiger partial charge on any atom is -0.477 e. The molecule has 0 fully saturated rings. The molecule has 152 valence electrons. The maximum atomic E-state index is 11.8. The van der Waals surface area contributed by atoms with Gasteiger partial charge in [0.2, 0.25) is 0 Å². The standard InChI is InChI=1S/C23H20N2O4S/c1-23(2)8-14(7-12-3-5-28-10-12)19-15(9-23)16(13-4-6-29-11-13)17-18(24)20(22(26)27)30-21(17)25-19/h3-7,10-11H,8-9,24H2,1-2H3,(H,26,27). The predicted molar refractivity (Wildman–Crippen MR) is 117 cm³/mol. The Morgan fingerprint density at radius 3 is 2.67 bits per heavy atom. The number of nitrogens with zero attached hydrogens (tertiary/aromatic N) is 1. The molecule has 0 saturated carbocycles. The number of allylic oxidation sites excluding steroid dienone is 1. The molecule has 1 aliphatic rings. The van der Waals surface area contributed by atoms with Crippen molar-refractivity contribution in [3.63, 3.8) is 0 Å². The molecule has 5 rings (SSSR count). The van der Waals surface area contributed by atoms with E-state index in [1.165, 1.54) is 0 Å². The minimum absolute atomic E-state index is 0.00315. The molecule has 0 radical (unpaired) electrons. The highest BCUT2D eigenvalue weighted by atomic mass is 32.1. The van der Waals surface area contributed by atoms with Crippen LogP contribution in [0.3, 0.4) is 0 Å². The van der Waals surface area contributed by atoms with E-state index >= 15 is 0 Å². The number of carbonyl (C=O) groups is 1. The molecule has 0 atom stereocenters. The van der Waals surface area contributed by atoms with Crippen LogP contribution in [0.5, 0.6) is 0 Å². The second kappa shape index (κ2) is 6.60. The zero-order valence-electron chi connectivity index (χ0n) is 16.6. The third-order valence-corrected chi connectivity index (χ3v) is 6.58. The number of carboxylic acids is 1. The molecule has 4 aromatic heterocycles. The predicted octanol–water partition coefficient (Wildman–Crippen LogP) is 5.94. The van der Waals surface area contributed by atoms with Crippen LogP contribution in [0.1, 0.15) is 46.8 Å². The van der Waals surface area contributed by atoms with Crippen LogP contribution in [0.25, 0.3) is 33.0 Å². The fourth-order valence-electron chi connectivity index (χ4n) is 4.33. The van der Waals surface area contributed by atoms with Crippen LogP contribution in [-0.2, 0) is 6.42 Å². The van der Waals surface area contributed by atoms with Gasteiger partial charge in [-0.3, -0.25) is 0 Å². The molecule has 0 bridgehead atoms. The number of hydrogen-bond acceptors (Lipinski definition) is 6. The smallest absolute Gasteiger partial charge is 0.348 e. The van der Waals surface area contributed by atoms with Gasteiger partial charge in [-0.15, -0.1) is 11.3 Å². The van der Waals surface area contributed by atoms with Crippen molar-refractivity contribution in [3.8, 4) is 11.1 Å². The molecule has 0 amide bonds. The van der Waals surface area contributed by atoms with Crippen molar-refractivity contribution in [2.75, 3.05) is 5.73 Å². The third kappa shape index (κ3) is 2.93. The lowest BCUT2D eigenvalue weighted by molar-refractivity contribution is 0.0703. The maximum absolute atomic E-state index is 11.8. The number of thiophene rings is 1. The lowest BCUT2D eigenvalue weighted by atomic mass is 9.71. The Morgan fingerprint density at radius 2 is 2.00 bits per heavy atom. The van der Waals surface area contributed by atoms with Crippen molar-refractivity contribution >= 4 is 44.9 Å². The Hall–Kier alpha value is -3.32. The molecule has 0 aromatic carbocycles. The van der Waals surface area contributed by atoms with E-state index in [9.17, 15) is 9.90 Å². The van der Waals surface area contributed by atoms with Gasteiger partial charge < -0.3 is 19.7 Å². The summed E-state index contributed by atoms with van der Waals surface area (Å²) in [6.45, 7) is 4.45. The number of fused-ring (bicyclic) bond motifs is 2. The van der Waals surface area contributed by atoms with Crippen LogP contribution >= 0.6 is 11.3 Å². The molecule has 6 nitrogen and oxygen atoms in total. The average Bonchev–Trinajstić information content (AvgIpc) is 3.42. The van der Waals surface area contributed by atoms with E-state index in [2.05, 4.69) is 19.9 Å². The van der Waals surface area contributed by atoms with Gasteiger partial charge in [0.05, 0.1) is 36.4 Å². The summed E-state index contributed by atoms with van der Waals surface area (Å²) < 4.78 is 10.6. The van der Waals surface area contributed by atoms with Gasteiger partial charge in [0.15, 0.2) is 0 Å². The van der Waals surface area contributed by atoms with Crippen molar-refractivity contribution in [1.82, 2.24) is 4.98 Å². The summed E-state index contributed by atoms with van der Waals surface area (Å²) in [5, 5.41) is 10.3. The van der Waals surface area contributed by atoms with Crippen LogP contribution in [0, 0.1) is 5.41 Å². The van der Waals surface area contributed by atoms with Crippen molar-refractivity contribution in [2.24, 2.45) is 5.41 Å². The molecule has 1 aliphatic carbocycles. The number of hydrogen-bond donors (Lipinski definition) is 2. The van der Waals surface area contributed by atoms with Crippen molar-refractivity contribution in [1.29, 1.82) is 0 Å². The molecule has 3 N–H and O–H groups in total. The summed E-state index contributed by atoms with van der Waals surface area (Å²) in [4.78, 5) is 17.4. The monoisotopic (exact) mass is 420 g/mol. The van der Waals surface area contributed by atoms with E-state index in [0.29, 0.717) is 10.2 Å². The van der Waals surface area contributed by atoms with Gasteiger partial charge in [-0.05, 0) is 47.6 Å². The summed E-state index contributed by atoms with van der Waals surface area (Å²) in [7, 11) is 0. The van der Waals surface area contributed by atoms with Gasteiger partial charge in [0.25, 0.3) is 0 Å². The number of furan rings is 2. The van der Waals surface area contributed by atoms with Crippen LogP contribution in [0.15, 0.2) is 46.0 Å². The van der Waals surface area contributed by atoms with Crippen LogP contribution in [0.4, 0.5) is 5.69 Å². The highest BCUT2D eigenvalue weighted by Gasteiger charge is 2.34. The van der Waals surface area contributed by atoms with Crippen LogP contribution < -0.4 is 5.73 Å². The van der Waals surface area contributed by atoms with E-state index in [1.54, 1.807) is 25.1 Å². The SMILES string of the molecule is CC1(C)CC(=Cc2ccoc2)c2nc3sc(C(=O)O)c(N)c3c(-c3ccoc3)c2C1. The second-order valence-corrected chi connectivity index (χ2v) is 9.40. The minimum atomic E-state index is -1.04. The molecule has 30 heavy (non-hydrogen) atoms. The quantitative estimate of drug-likeness (QED) is 0.425. The zero-order valence-corrected chi connectivity index (χ0v) is 17.4. The summed E-state index contributed by atoms with van der Waals surface area (Å²) in [5.74, 6) is -1.04. The highest BCUT2D eigenvalue weighted by Crippen LogP contribution is 2.49. The Morgan fingerprint density at radius 1 is 1.23 bits per heavy atom. The molecule has 0 spiro atoms. The first-order valence-corrected chi connectivity index (χ1v) is 10.4. The second-order valence-electron chi connectivity index (χ2n) is 8.40. The third-order valence-electron chi connectivity index (χ3n) is 5.49. The summed E-state index contributed by atoms with van der Waals surface area (Å²) in [6, 6.07) is 3.79. The molecule has 0 aliphatic heterocycles. The van der Waals surface area contributed by atoms with E-state index in [-0.39, 0.29) is 16.0 Å². The number of anilines is 1. The van der Waals surface area contributed by atoms with E-state index < -0.39 is 5.97 Å². The number of carboxylic acid groups (broad SMARTS) is 1. The van der Waals surface area contributed by atoms with Gasteiger partial charge in [-0.25, -0.2) is 9.78 Å². The largest absolute Gasteiger partial charge is 0.477 e. The van der Waals surface area contributed by atoms with Crippen molar-refractivity contribution < 1.29 is 18.7 Å². The fourth-order valence-corrected chi connectivity index (χ4v) is 5.27. The lowest BCUT2D eigenvalue weighted by Gasteiger charge is -2.34. The molecule has 4 heterocycles. The van der Waals surface area contributed by atoms with E-state index in [0.717, 1.165) is 57.7 Å². The topological polar surface area (TPSA) is 102 Å². The van der Waals surface area contributed by atoms with Gasteiger partial charge in [0, 0.05) is 22.1 Å². The fraction of sp³-hybridized carbons (Fsp3) is 0.217.